The fourth-order valence-electron chi connectivity index (χ4n) is 0.758. The summed E-state index contributed by atoms with van der Waals surface area (Å²) in [6, 6.07) is -1.02. The number of carbonyl (C=O) groups is 2. The van der Waals surface area contributed by atoms with Crippen LogP contribution in [0.25, 0.3) is 0 Å². The van der Waals surface area contributed by atoms with Crippen LogP contribution in [-0.4, -0.2) is 34.7 Å². The standard InChI is InChI=1S/C8H13NO4/c1-2-3-7(11)9-6(4-5-10)8(12)13/h2-3,6,10H,4-5H2,1H3,(H,9,11)(H,12,13)/b3-2+/t6-/m0/s1. The molecule has 0 unspecified atom stereocenters. The van der Waals surface area contributed by atoms with Gasteiger partial charge in [0.15, 0.2) is 0 Å². The third kappa shape index (κ3) is 4.97. The van der Waals surface area contributed by atoms with Crippen LogP contribution >= 0.6 is 0 Å². The molecule has 0 rings (SSSR count). The maximum atomic E-state index is 10.9. The number of aliphatic carboxylic acids is 1. The molecule has 0 aliphatic heterocycles. The summed E-state index contributed by atoms with van der Waals surface area (Å²) < 4.78 is 0. The fourth-order valence-corrected chi connectivity index (χ4v) is 0.758. The summed E-state index contributed by atoms with van der Waals surface area (Å²) >= 11 is 0. The summed E-state index contributed by atoms with van der Waals surface area (Å²) in [5, 5.41) is 19.3. The highest BCUT2D eigenvalue weighted by atomic mass is 16.4. The maximum Gasteiger partial charge on any atom is 0.326 e. The second kappa shape index (κ2) is 6.19. The van der Waals surface area contributed by atoms with Crippen LogP contribution in [0, 0.1) is 0 Å². The largest absolute Gasteiger partial charge is 0.480 e. The summed E-state index contributed by atoms with van der Waals surface area (Å²) in [6.45, 7) is 1.38. The van der Waals surface area contributed by atoms with Crippen LogP contribution < -0.4 is 5.32 Å². The molecule has 1 amide bonds. The minimum absolute atomic E-state index is 0.0125. The molecular weight excluding hydrogens is 174 g/mol. The Hall–Kier alpha value is -1.36. The van der Waals surface area contributed by atoms with Crippen molar-refractivity contribution >= 4 is 11.9 Å². The number of carboxylic acid groups (broad SMARTS) is 1. The van der Waals surface area contributed by atoms with E-state index in [9.17, 15) is 9.59 Å². The topological polar surface area (TPSA) is 86.6 Å². The summed E-state index contributed by atoms with van der Waals surface area (Å²) in [7, 11) is 0. The normalized spacial score (nSPS) is 12.8. The van der Waals surface area contributed by atoms with Gasteiger partial charge in [-0.05, 0) is 13.0 Å². The highest BCUT2D eigenvalue weighted by Crippen LogP contribution is 1.91. The number of hydrogen-bond donors (Lipinski definition) is 3. The van der Waals surface area contributed by atoms with Crippen molar-refractivity contribution in [3.8, 4) is 0 Å². The van der Waals surface area contributed by atoms with E-state index in [1.54, 1.807) is 6.92 Å². The number of nitrogens with one attached hydrogen (secondary N) is 1. The fraction of sp³-hybridized carbons (Fsp3) is 0.500. The zero-order valence-corrected chi connectivity index (χ0v) is 7.36. The smallest absolute Gasteiger partial charge is 0.326 e. The molecule has 0 bridgehead atoms. The molecule has 0 heterocycles. The quantitative estimate of drug-likeness (QED) is 0.507. The van der Waals surface area contributed by atoms with Crippen molar-refractivity contribution in [1.29, 1.82) is 0 Å². The van der Waals surface area contributed by atoms with Crippen LogP contribution in [0.15, 0.2) is 12.2 Å². The summed E-state index contributed by atoms with van der Waals surface area (Å²) in [6.07, 6.45) is 2.75. The SMILES string of the molecule is C/C=C/C(=O)N[C@@H](CCO)C(=O)O. The second-order valence-corrected chi connectivity index (χ2v) is 2.41. The molecule has 0 aromatic carbocycles. The Labute approximate surface area is 76.1 Å². The Kier molecular flexibility index (Phi) is 5.54. The van der Waals surface area contributed by atoms with Gasteiger partial charge in [0.2, 0.25) is 5.91 Å². The zero-order chi connectivity index (χ0) is 10.3. The summed E-state index contributed by atoms with van der Waals surface area (Å²) in [5.74, 6) is -1.62. The second-order valence-electron chi connectivity index (χ2n) is 2.41. The molecule has 0 aromatic heterocycles. The van der Waals surface area contributed by atoms with Crippen LogP contribution in [-0.2, 0) is 9.59 Å². The predicted octanol–water partition coefficient (Wildman–Crippen LogP) is -0.486. The van der Waals surface area contributed by atoms with Crippen molar-refractivity contribution < 1.29 is 19.8 Å². The van der Waals surface area contributed by atoms with E-state index < -0.39 is 17.9 Å². The predicted molar refractivity (Wildman–Crippen MR) is 46.1 cm³/mol. The minimum atomic E-state index is -1.15. The number of aliphatic hydroxyl groups excluding tert-OH is 1. The highest BCUT2D eigenvalue weighted by Gasteiger charge is 2.17. The minimum Gasteiger partial charge on any atom is -0.480 e. The third-order valence-electron chi connectivity index (χ3n) is 1.35. The number of amides is 1. The average Bonchev–Trinajstić information content (AvgIpc) is 2.04. The van der Waals surface area contributed by atoms with Gasteiger partial charge < -0.3 is 15.5 Å². The van der Waals surface area contributed by atoms with Gasteiger partial charge >= 0.3 is 5.97 Å². The van der Waals surface area contributed by atoms with Gasteiger partial charge in [0.25, 0.3) is 0 Å². The van der Waals surface area contributed by atoms with Crippen molar-refractivity contribution in [2.45, 2.75) is 19.4 Å². The first-order valence-electron chi connectivity index (χ1n) is 3.88. The van der Waals surface area contributed by atoms with Crippen LogP contribution in [0.2, 0.25) is 0 Å². The van der Waals surface area contributed by atoms with Gasteiger partial charge in [0.1, 0.15) is 6.04 Å². The lowest BCUT2D eigenvalue weighted by molar-refractivity contribution is -0.141. The van der Waals surface area contributed by atoms with Crippen molar-refractivity contribution in [1.82, 2.24) is 5.32 Å². The van der Waals surface area contributed by atoms with Crippen molar-refractivity contribution in [2.75, 3.05) is 6.61 Å². The van der Waals surface area contributed by atoms with Crippen molar-refractivity contribution in [3.63, 3.8) is 0 Å². The zero-order valence-electron chi connectivity index (χ0n) is 7.36. The molecule has 0 aliphatic carbocycles. The third-order valence-corrected chi connectivity index (χ3v) is 1.35. The van der Waals surface area contributed by atoms with Crippen molar-refractivity contribution in [3.05, 3.63) is 12.2 Å². The van der Waals surface area contributed by atoms with Gasteiger partial charge in [-0.1, -0.05) is 6.08 Å². The van der Waals surface area contributed by atoms with E-state index in [2.05, 4.69) is 5.32 Å². The molecule has 3 N–H and O–H groups in total. The summed E-state index contributed by atoms with van der Waals surface area (Å²) in [5.41, 5.74) is 0. The molecule has 1 atom stereocenters. The number of carboxylic acids is 1. The molecule has 0 spiro atoms. The number of hydrogen-bond acceptors (Lipinski definition) is 3. The van der Waals surface area contributed by atoms with Gasteiger partial charge in [-0.25, -0.2) is 4.79 Å². The van der Waals surface area contributed by atoms with E-state index >= 15 is 0 Å². The number of rotatable bonds is 5. The molecule has 0 aliphatic rings. The Bertz CT molecular complexity index is 212. The average molecular weight is 187 g/mol. The van der Waals surface area contributed by atoms with E-state index in [0.717, 1.165) is 0 Å². The molecule has 0 saturated carbocycles. The van der Waals surface area contributed by atoms with E-state index in [1.165, 1.54) is 12.2 Å². The van der Waals surface area contributed by atoms with Crippen LogP contribution in [0.3, 0.4) is 0 Å². The van der Waals surface area contributed by atoms with Gasteiger partial charge in [-0.3, -0.25) is 4.79 Å². The molecule has 0 radical (unpaired) electrons. The molecule has 5 nitrogen and oxygen atoms in total. The number of aliphatic hydroxyl groups is 1. The lowest BCUT2D eigenvalue weighted by Gasteiger charge is -2.10. The first-order chi connectivity index (χ1) is 6.11. The van der Waals surface area contributed by atoms with Gasteiger partial charge in [0.05, 0.1) is 0 Å². The number of carbonyl (C=O) groups excluding carboxylic acids is 1. The molecule has 5 heteroatoms. The molecule has 0 aromatic rings. The summed E-state index contributed by atoms with van der Waals surface area (Å²) in [4.78, 5) is 21.4. The highest BCUT2D eigenvalue weighted by molar-refractivity contribution is 5.90. The van der Waals surface area contributed by atoms with Crippen molar-refractivity contribution in [2.24, 2.45) is 0 Å². The van der Waals surface area contributed by atoms with E-state index in [0.29, 0.717) is 0 Å². The van der Waals surface area contributed by atoms with E-state index in [4.69, 9.17) is 10.2 Å². The Morgan fingerprint density at radius 3 is 2.54 bits per heavy atom. The van der Waals surface area contributed by atoms with Gasteiger partial charge in [-0.2, -0.15) is 0 Å². The van der Waals surface area contributed by atoms with Crippen LogP contribution in [0.1, 0.15) is 13.3 Å². The first kappa shape index (κ1) is 11.6. The maximum absolute atomic E-state index is 10.9. The lowest BCUT2D eigenvalue weighted by Crippen LogP contribution is -2.40. The number of allylic oxidation sites excluding steroid dienone is 1. The molecular formula is C8H13NO4. The Morgan fingerprint density at radius 2 is 2.15 bits per heavy atom. The monoisotopic (exact) mass is 187 g/mol. The molecule has 13 heavy (non-hydrogen) atoms. The lowest BCUT2D eigenvalue weighted by atomic mass is 10.2. The Balaban J connectivity index is 4.09. The van der Waals surface area contributed by atoms with Crippen LogP contribution in [0.4, 0.5) is 0 Å². The molecule has 0 fully saturated rings. The Morgan fingerprint density at radius 1 is 1.54 bits per heavy atom. The van der Waals surface area contributed by atoms with Crippen LogP contribution in [0.5, 0.6) is 0 Å². The van der Waals surface area contributed by atoms with E-state index in [-0.39, 0.29) is 13.0 Å². The molecule has 0 saturated heterocycles. The van der Waals surface area contributed by atoms with E-state index in [1.807, 2.05) is 0 Å². The van der Waals surface area contributed by atoms with Gasteiger partial charge in [-0.15, -0.1) is 0 Å². The molecule has 74 valence electrons. The van der Waals surface area contributed by atoms with Gasteiger partial charge in [0, 0.05) is 13.0 Å². The first-order valence-corrected chi connectivity index (χ1v) is 3.88.